The fourth-order valence-corrected chi connectivity index (χ4v) is 3.52. The second-order valence-corrected chi connectivity index (χ2v) is 6.94. The number of nitro benzene ring substituents is 1. The van der Waals surface area contributed by atoms with E-state index in [4.69, 9.17) is 11.6 Å². The summed E-state index contributed by atoms with van der Waals surface area (Å²) in [5, 5.41) is 14.2. The van der Waals surface area contributed by atoms with Crippen molar-refractivity contribution >= 4 is 23.2 Å². The van der Waals surface area contributed by atoms with Crippen molar-refractivity contribution in [1.82, 2.24) is 5.32 Å². The van der Waals surface area contributed by atoms with Crippen LogP contribution in [0, 0.1) is 10.1 Å². The van der Waals surface area contributed by atoms with Crippen molar-refractivity contribution in [1.29, 1.82) is 0 Å². The van der Waals surface area contributed by atoms with Gasteiger partial charge in [0.1, 0.15) is 12.1 Å². The van der Waals surface area contributed by atoms with Gasteiger partial charge in [0.05, 0.1) is 18.0 Å². The van der Waals surface area contributed by atoms with E-state index >= 15 is 0 Å². The average molecular weight is 375 g/mol. The third kappa shape index (κ3) is 4.39. The molecule has 1 aliphatic heterocycles. The van der Waals surface area contributed by atoms with E-state index < -0.39 is 10.8 Å². The normalized spacial score (nSPS) is 14.3. The molecule has 0 bridgehead atoms. The van der Waals surface area contributed by atoms with Crippen LogP contribution in [0.2, 0.25) is 5.02 Å². The number of benzene rings is 2. The van der Waals surface area contributed by atoms with E-state index in [1.165, 1.54) is 49.7 Å². The fraction of sp³-hybridized carbons (Fsp3) is 0.316. The van der Waals surface area contributed by atoms with Crippen LogP contribution in [0.5, 0.6) is 0 Å². The van der Waals surface area contributed by atoms with Crippen LogP contribution in [0.3, 0.4) is 0 Å². The van der Waals surface area contributed by atoms with E-state index in [9.17, 15) is 14.9 Å². The Labute approximate surface area is 156 Å². The molecule has 2 aromatic rings. The van der Waals surface area contributed by atoms with Crippen LogP contribution < -0.4 is 10.2 Å². The summed E-state index contributed by atoms with van der Waals surface area (Å²) in [7, 11) is 0. The number of quaternary nitrogens is 1. The highest BCUT2D eigenvalue weighted by molar-refractivity contribution is 6.31. The Balaban J connectivity index is 1.72. The highest BCUT2D eigenvalue weighted by atomic mass is 35.5. The van der Waals surface area contributed by atoms with Crippen molar-refractivity contribution in [2.24, 2.45) is 0 Å². The molecule has 1 fully saturated rings. The third-order valence-corrected chi connectivity index (χ3v) is 4.94. The minimum absolute atomic E-state index is 0.0230. The predicted molar refractivity (Wildman–Crippen MR) is 99.4 cm³/mol. The molecule has 1 saturated heterocycles. The first-order valence-electron chi connectivity index (χ1n) is 8.67. The zero-order valence-corrected chi connectivity index (χ0v) is 15.1. The summed E-state index contributed by atoms with van der Waals surface area (Å²) in [6.45, 7) is 3.61. The fourth-order valence-electron chi connectivity index (χ4n) is 3.34. The summed E-state index contributed by atoms with van der Waals surface area (Å²) >= 11 is 5.90. The summed E-state index contributed by atoms with van der Waals surface area (Å²) in [5.74, 6) is -0.498. The first-order valence-corrected chi connectivity index (χ1v) is 9.05. The lowest BCUT2D eigenvalue weighted by molar-refractivity contribution is -0.901. The molecule has 0 atom stereocenters. The molecule has 1 heterocycles. The van der Waals surface area contributed by atoms with E-state index in [-0.39, 0.29) is 11.3 Å². The number of carbonyl (C=O) groups excluding carboxylic acids is 1. The maximum Gasteiger partial charge on any atom is 0.282 e. The number of carbonyl (C=O) groups is 1. The van der Waals surface area contributed by atoms with Crippen molar-refractivity contribution < 1.29 is 14.6 Å². The smallest absolute Gasteiger partial charge is 0.282 e. The SMILES string of the molecule is O=C(NCc1ccccc1C[NH+]1CCCC1)c1cc(Cl)ccc1[N+](=O)[O-]. The number of nitrogens with zero attached hydrogens (tertiary/aromatic N) is 1. The molecule has 3 rings (SSSR count). The molecular weight excluding hydrogens is 354 g/mol. The Morgan fingerprint density at radius 1 is 1.15 bits per heavy atom. The largest absolute Gasteiger partial charge is 0.348 e. The number of nitro groups is 1. The summed E-state index contributed by atoms with van der Waals surface area (Å²) in [4.78, 5) is 24.6. The average Bonchev–Trinajstić information content (AvgIpc) is 3.13. The van der Waals surface area contributed by atoms with Gasteiger partial charge in [0, 0.05) is 36.0 Å². The molecular formula is C19H21ClN3O3+. The highest BCUT2D eigenvalue weighted by Gasteiger charge is 2.21. The molecule has 0 spiro atoms. The first kappa shape index (κ1) is 18.4. The summed E-state index contributed by atoms with van der Waals surface area (Å²) < 4.78 is 0. The first-order chi connectivity index (χ1) is 12.5. The molecule has 2 aromatic carbocycles. The van der Waals surface area contributed by atoms with Gasteiger partial charge in [0.25, 0.3) is 11.6 Å². The van der Waals surface area contributed by atoms with Crippen LogP contribution in [-0.2, 0) is 13.1 Å². The molecule has 1 amide bonds. The lowest BCUT2D eigenvalue weighted by Gasteiger charge is -2.15. The Morgan fingerprint density at radius 3 is 2.54 bits per heavy atom. The second-order valence-electron chi connectivity index (χ2n) is 6.50. The Morgan fingerprint density at radius 2 is 1.85 bits per heavy atom. The lowest BCUT2D eigenvalue weighted by atomic mass is 10.1. The van der Waals surface area contributed by atoms with Crippen LogP contribution in [0.4, 0.5) is 5.69 Å². The summed E-state index contributed by atoms with van der Waals surface area (Å²) in [5.41, 5.74) is 1.96. The molecule has 7 heteroatoms. The van der Waals surface area contributed by atoms with Crippen molar-refractivity contribution in [2.45, 2.75) is 25.9 Å². The van der Waals surface area contributed by atoms with E-state index in [2.05, 4.69) is 11.4 Å². The van der Waals surface area contributed by atoms with Crippen LogP contribution in [0.1, 0.15) is 34.3 Å². The molecule has 0 saturated carbocycles. The number of rotatable bonds is 6. The van der Waals surface area contributed by atoms with E-state index in [0.717, 1.165) is 12.1 Å². The van der Waals surface area contributed by atoms with Crippen LogP contribution in [0.25, 0.3) is 0 Å². The molecule has 1 aliphatic rings. The van der Waals surface area contributed by atoms with E-state index in [0.29, 0.717) is 11.6 Å². The Bertz CT molecular complexity index is 819. The molecule has 6 nitrogen and oxygen atoms in total. The predicted octanol–water partition coefficient (Wildman–Crippen LogP) is 2.36. The van der Waals surface area contributed by atoms with Crippen molar-refractivity contribution in [3.8, 4) is 0 Å². The third-order valence-electron chi connectivity index (χ3n) is 4.71. The Hall–Kier alpha value is -2.44. The minimum atomic E-state index is -0.573. The topological polar surface area (TPSA) is 76.7 Å². The van der Waals surface area contributed by atoms with Gasteiger partial charge in [-0.1, -0.05) is 35.9 Å². The van der Waals surface area contributed by atoms with Gasteiger partial charge in [-0.25, -0.2) is 0 Å². The van der Waals surface area contributed by atoms with E-state index in [1.807, 2.05) is 18.2 Å². The number of hydrogen-bond acceptors (Lipinski definition) is 3. The summed E-state index contributed by atoms with van der Waals surface area (Å²) in [6.07, 6.45) is 2.51. The van der Waals surface area contributed by atoms with Gasteiger partial charge in [-0.2, -0.15) is 0 Å². The van der Waals surface area contributed by atoms with Crippen LogP contribution in [0.15, 0.2) is 42.5 Å². The second kappa shape index (κ2) is 8.29. The maximum atomic E-state index is 12.5. The zero-order chi connectivity index (χ0) is 18.5. The molecule has 26 heavy (non-hydrogen) atoms. The number of halogens is 1. The zero-order valence-electron chi connectivity index (χ0n) is 14.3. The van der Waals surface area contributed by atoms with Crippen molar-refractivity contribution in [2.75, 3.05) is 13.1 Å². The van der Waals surface area contributed by atoms with Gasteiger partial charge >= 0.3 is 0 Å². The number of likely N-dealkylation sites (tertiary alicyclic amines) is 1. The number of amides is 1. The van der Waals surface area contributed by atoms with Gasteiger partial charge in [0.2, 0.25) is 0 Å². The van der Waals surface area contributed by atoms with Gasteiger partial charge in [-0.3, -0.25) is 14.9 Å². The lowest BCUT2D eigenvalue weighted by Crippen LogP contribution is -3.08. The minimum Gasteiger partial charge on any atom is -0.348 e. The Kier molecular flexibility index (Phi) is 5.85. The molecule has 0 aromatic heterocycles. The quantitative estimate of drug-likeness (QED) is 0.602. The van der Waals surface area contributed by atoms with Gasteiger partial charge in [-0.05, 0) is 17.7 Å². The van der Waals surface area contributed by atoms with Crippen LogP contribution >= 0.6 is 11.6 Å². The molecule has 0 radical (unpaired) electrons. The summed E-state index contributed by atoms with van der Waals surface area (Å²) in [6, 6.07) is 12.0. The van der Waals surface area contributed by atoms with Gasteiger partial charge in [0.15, 0.2) is 0 Å². The molecule has 0 aliphatic carbocycles. The van der Waals surface area contributed by atoms with Crippen molar-refractivity contribution in [3.05, 3.63) is 74.3 Å². The van der Waals surface area contributed by atoms with Gasteiger partial charge in [-0.15, -0.1) is 0 Å². The van der Waals surface area contributed by atoms with Crippen LogP contribution in [-0.4, -0.2) is 23.9 Å². The maximum absolute atomic E-state index is 12.5. The monoisotopic (exact) mass is 374 g/mol. The molecule has 0 unspecified atom stereocenters. The standard InChI is InChI=1S/C19H20ClN3O3/c20-16-7-8-18(23(25)26)17(11-16)19(24)21-12-14-5-1-2-6-15(14)13-22-9-3-4-10-22/h1-2,5-8,11H,3-4,9-10,12-13H2,(H,21,24)/p+1. The number of hydrogen-bond donors (Lipinski definition) is 2. The van der Waals surface area contributed by atoms with E-state index in [1.54, 1.807) is 4.90 Å². The van der Waals surface area contributed by atoms with Crippen molar-refractivity contribution in [3.63, 3.8) is 0 Å². The van der Waals surface area contributed by atoms with Gasteiger partial charge < -0.3 is 10.2 Å². The highest BCUT2D eigenvalue weighted by Crippen LogP contribution is 2.22. The molecule has 2 N–H and O–H groups in total. The molecule has 136 valence electrons. The number of nitrogens with one attached hydrogen (secondary N) is 2.